The van der Waals surface area contributed by atoms with Crippen LogP contribution in [0.1, 0.15) is 44.7 Å². The number of nitrogens with zero attached hydrogens (tertiary/aromatic N) is 4. The van der Waals surface area contributed by atoms with Gasteiger partial charge in [0.15, 0.2) is 0 Å². The van der Waals surface area contributed by atoms with Crippen molar-refractivity contribution in [3.05, 3.63) is 30.1 Å². The second kappa shape index (κ2) is 7.40. The predicted molar refractivity (Wildman–Crippen MR) is 94.2 cm³/mol. The number of aromatic nitrogens is 1. The number of rotatable bonds is 4. The van der Waals surface area contributed by atoms with Crippen LogP contribution in [-0.4, -0.2) is 57.7 Å². The van der Waals surface area contributed by atoms with Crippen LogP contribution in [0.3, 0.4) is 0 Å². The average Bonchev–Trinajstić information content (AvgIpc) is 3.12. The van der Waals surface area contributed by atoms with Crippen LogP contribution < -0.4 is 0 Å². The predicted octanol–water partition coefficient (Wildman–Crippen LogP) is 2.86. The van der Waals surface area contributed by atoms with Crippen molar-refractivity contribution < 1.29 is 9.90 Å². The molecule has 1 saturated heterocycles. The molecule has 3 rings (SSSR count). The number of likely N-dealkylation sites (N-methyl/N-ethyl adjacent to an activating group) is 1. The highest BCUT2D eigenvalue weighted by atomic mass is 16.4. The Morgan fingerprint density at radius 3 is 2.76 bits per heavy atom. The fourth-order valence-electron chi connectivity index (χ4n) is 4.44. The molecule has 0 spiro atoms. The first-order chi connectivity index (χ1) is 12.1. The van der Waals surface area contributed by atoms with E-state index in [4.69, 9.17) is 0 Å². The van der Waals surface area contributed by atoms with Gasteiger partial charge >= 0.3 is 6.09 Å². The summed E-state index contributed by atoms with van der Waals surface area (Å²) in [6.07, 6.45) is 5.42. The second-order valence-electron chi connectivity index (χ2n) is 7.15. The molecule has 6 heteroatoms. The van der Waals surface area contributed by atoms with Gasteiger partial charge in [-0.1, -0.05) is 6.07 Å². The monoisotopic (exact) mass is 342 g/mol. The summed E-state index contributed by atoms with van der Waals surface area (Å²) in [5.41, 5.74) is 0.422. The van der Waals surface area contributed by atoms with Gasteiger partial charge in [-0.2, -0.15) is 5.26 Å². The molecule has 0 bridgehead atoms. The van der Waals surface area contributed by atoms with Crippen molar-refractivity contribution in [1.29, 1.82) is 5.26 Å². The Morgan fingerprint density at radius 2 is 2.20 bits per heavy atom. The number of pyridine rings is 1. The number of amides is 1. The van der Waals surface area contributed by atoms with Crippen LogP contribution >= 0.6 is 0 Å². The molecule has 0 aromatic carbocycles. The molecule has 2 aliphatic rings. The molecular formula is C19H26N4O2. The van der Waals surface area contributed by atoms with Crippen molar-refractivity contribution in [1.82, 2.24) is 14.8 Å². The van der Waals surface area contributed by atoms with E-state index < -0.39 is 11.5 Å². The molecule has 1 saturated carbocycles. The van der Waals surface area contributed by atoms with Gasteiger partial charge in [0.2, 0.25) is 0 Å². The molecule has 1 aromatic rings. The van der Waals surface area contributed by atoms with Crippen LogP contribution in [0, 0.1) is 11.3 Å². The topological polar surface area (TPSA) is 80.5 Å². The summed E-state index contributed by atoms with van der Waals surface area (Å²) in [6.45, 7) is 4.19. The zero-order valence-electron chi connectivity index (χ0n) is 14.8. The van der Waals surface area contributed by atoms with Crippen molar-refractivity contribution in [2.75, 3.05) is 19.6 Å². The third-order valence-corrected chi connectivity index (χ3v) is 5.92. The highest BCUT2D eigenvalue weighted by Gasteiger charge is 2.41. The Morgan fingerprint density at radius 1 is 1.44 bits per heavy atom. The normalized spacial score (nSPS) is 29.9. The minimum absolute atomic E-state index is 0.0981. The summed E-state index contributed by atoms with van der Waals surface area (Å²) in [7, 11) is 0. The zero-order valence-corrected chi connectivity index (χ0v) is 14.8. The summed E-state index contributed by atoms with van der Waals surface area (Å²) in [4.78, 5) is 19.7. The molecule has 1 amide bonds. The Hall–Kier alpha value is -2.13. The Labute approximate surface area is 149 Å². The maximum Gasteiger partial charge on any atom is 0.407 e. The number of hydrogen-bond donors (Lipinski definition) is 1. The smallest absolute Gasteiger partial charge is 0.407 e. The highest BCUT2D eigenvalue weighted by Crippen LogP contribution is 2.40. The number of carboxylic acid groups (broad SMARTS) is 1. The van der Waals surface area contributed by atoms with Gasteiger partial charge in [0.05, 0.1) is 17.2 Å². The molecule has 1 aliphatic heterocycles. The van der Waals surface area contributed by atoms with E-state index >= 15 is 0 Å². The molecule has 0 unspecified atom stereocenters. The third-order valence-electron chi connectivity index (χ3n) is 5.92. The van der Waals surface area contributed by atoms with Crippen molar-refractivity contribution in [2.45, 2.75) is 56.5 Å². The van der Waals surface area contributed by atoms with Gasteiger partial charge < -0.3 is 10.0 Å². The lowest BCUT2D eigenvalue weighted by Gasteiger charge is -2.38. The zero-order chi connectivity index (χ0) is 17.9. The van der Waals surface area contributed by atoms with Gasteiger partial charge in [-0.25, -0.2) is 4.79 Å². The summed E-state index contributed by atoms with van der Waals surface area (Å²) in [5, 5.41) is 19.1. The maximum atomic E-state index is 11.3. The third kappa shape index (κ3) is 3.47. The first-order valence-corrected chi connectivity index (χ1v) is 9.16. The van der Waals surface area contributed by atoms with Gasteiger partial charge in [0, 0.05) is 37.9 Å². The Kier molecular flexibility index (Phi) is 5.24. The number of likely N-dealkylation sites (tertiary alicyclic amines) is 1. The van der Waals surface area contributed by atoms with Crippen molar-refractivity contribution in [3.63, 3.8) is 0 Å². The number of hydrogen-bond acceptors (Lipinski definition) is 4. The lowest BCUT2D eigenvalue weighted by atomic mass is 9.71. The second-order valence-corrected chi connectivity index (χ2v) is 7.15. The molecule has 134 valence electrons. The Balaban J connectivity index is 1.62. The van der Waals surface area contributed by atoms with Gasteiger partial charge in [-0.05, 0) is 51.2 Å². The fourth-order valence-corrected chi connectivity index (χ4v) is 4.44. The van der Waals surface area contributed by atoms with E-state index in [1.807, 2.05) is 25.1 Å². The van der Waals surface area contributed by atoms with Crippen LogP contribution in [0.25, 0.3) is 0 Å². The molecule has 1 aliphatic carbocycles. The average molecular weight is 342 g/mol. The number of carbonyl (C=O) groups is 1. The van der Waals surface area contributed by atoms with E-state index in [-0.39, 0.29) is 6.04 Å². The van der Waals surface area contributed by atoms with Gasteiger partial charge in [-0.3, -0.25) is 9.88 Å². The molecule has 2 fully saturated rings. The van der Waals surface area contributed by atoms with Crippen LogP contribution in [0.2, 0.25) is 0 Å². The van der Waals surface area contributed by atoms with Gasteiger partial charge in [0.1, 0.15) is 0 Å². The van der Waals surface area contributed by atoms with E-state index in [1.165, 1.54) is 0 Å². The molecule has 2 heterocycles. The SMILES string of the molecule is CCN(C(=O)O)[C@H]1CCN(C2CCC(C#N)(c3ccccn3)CC2)C1. The largest absolute Gasteiger partial charge is 0.465 e. The molecule has 1 atom stereocenters. The summed E-state index contributed by atoms with van der Waals surface area (Å²) >= 11 is 0. The molecule has 1 aromatic heterocycles. The van der Waals surface area contributed by atoms with Crippen LogP contribution in [0.5, 0.6) is 0 Å². The molecular weight excluding hydrogens is 316 g/mol. The number of nitriles is 1. The van der Waals surface area contributed by atoms with Gasteiger partial charge in [0.25, 0.3) is 0 Å². The maximum absolute atomic E-state index is 11.3. The van der Waals surface area contributed by atoms with E-state index in [1.54, 1.807) is 11.1 Å². The first kappa shape index (κ1) is 17.7. The van der Waals surface area contributed by atoms with E-state index in [0.29, 0.717) is 12.6 Å². The standard InChI is InChI=1S/C19H26N4O2/c1-2-23(18(24)25)16-8-12-22(13-16)15-6-9-19(14-20,10-7-15)17-5-3-4-11-21-17/h3-5,11,15-16H,2,6-10,12-13H2,1H3,(H,24,25)/t15?,16-,19?/m0/s1. The van der Waals surface area contributed by atoms with Crippen molar-refractivity contribution in [3.8, 4) is 6.07 Å². The van der Waals surface area contributed by atoms with E-state index in [9.17, 15) is 15.2 Å². The first-order valence-electron chi connectivity index (χ1n) is 9.16. The minimum Gasteiger partial charge on any atom is -0.465 e. The van der Waals surface area contributed by atoms with Gasteiger partial charge in [-0.15, -0.1) is 0 Å². The molecule has 25 heavy (non-hydrogen) atoms. The Bertz CT molecular complexity index is 635. The minimum atomic E-state index is -0.823. The summed E-state index contributed by atoms with van der Waals surface area (Å²) < 4.78 is 0. The lowest BCUT2D eigenvalue weighted by Crippen LogP contribution is -2.44. The quantitative estimate of drug-likeness (QED) is 0.910. The van der Waals surface area contributed by atoms with Crippen LogP contribution in [0.4, 0.5) is 4.79 Å². The van der Waals surface area contributed by atoms with E-state index in [2.05, 4.69) is 16.0 Å². The lowest BCUT2D eigenvalue weighted by molar-refractivity contribution is 0.118. The van der Waals surface area contributed by atoms with Crippen LogP contribution in [0.15, 0.2) is 24.4 Å². The molecule has 6 nitrogen and oxygen atoms in total. The molecule has 1 N–H and O–H groups in total. The van der Waals surface area contributed by atoms with Crippen molar-refractivity contribution in [2.24, 2.45) is 0 Å². The molecule has 0 radical (unpaired) electrons. The van der Waals surface area contributed by atoms with E-state index in [0.717, 1.165) is 50.9 Å². The highest BCUT2D eigenvalue weighted by molar-refractivity contribution is 5.65. The summed E-state index contributed by atoms with van der Waals surface area (Å²) in [5.74, 6) is 0. The fraction of sp³-hybridized carbons (Fsp3) is 0.632. The summed E-state index contributed by atoms with van der Waals surface area (Å²) in [6, 6.07) is 8.86. The van der Waals surface area contributed by atoms with Crippen molar-refractivity contribution >= 4 is 6.09 Å². The van der Waals surface area contributed by atoms with Crippen LogP contribution in [-0.2, 0) is 5.41 Å².